The lowest BCUT2D eigenvalue weighted by Crippen LogP contribution is -2.70. The fourth-order valence-electron chi connectivity index (χ4n) is 1.76. The normalized spacial score (nSPS) is 22.6. The van der Waals surface area contributed by atoms with Gasteiger partial charge in [-0.05, 0) is 6.92 Å². The highest BCUT2D eigenvalue weighted by Gasteiger charge is 2.47. The fraction of sp³-hybridized carbons (Fsp3) is 0.600. The summed E-state index contributed by atoms with van der Waals surface area (Å²) in [5, 5.41) is 2.32. The molecule has 2 amide bonds. The van der Waals surface area contributed by atoms with Crippen molar-refractivity contribution in [2.75, 3.05) is 13.2 Å². The van der Waals surface area contributed by atoms with Crippen LogP contribution in [0.2, 0.25) is 0 Å². The largest absolute Gasteiger partial charge is 0.465 e. The maximum atomic E-state index is 11.6. The summed E-state index contributed by atoms with van der Waals surface area (Å²) in [6.45, 7) is 1.70. The Morgan fingerprint density at radius 2 is 2.24 bits per heavy atom. The van der Waals surface area contributed by atoms with E-state index in [0.29, 0.717) is 12.7 Å². The van der Waals surface area contributed by atoms with Gasteiger partial charge in [-0.2, -0.15) is 0 Å². The number of carbonyl (C=O) groups is 4. The fourth-order valence-corrected chi connectivity index (χ4v) is 1.76. The second kappa shape index (κ2) is 5.97. The first-order chi connectivity index (χ1) is 8.15. The summed E-state index contributed by atoms with van der Waals surface area (Å²) < 4.78 is 4.71. The molecule has 94 valence electrons. The molecule has 0 bridgehead atoms. The molecule has 1 heterocycles. The van der Waals surface area contributed by atoms with Gasteiger partial charge in [0.1, 0.15) is 18.9 Å². The van der Waals surface area contributed by atoms with Crippen molar-refractivity contribution in [3.8, 4) is 0 Å². The number of hydrogen-bond donors (Lipinski definition) is 1. The highest BCUT2D eigenvalue weighted by atomic mass is 16.5. The number of likely N-dealkylation sites (tertiary alicyclic amines) is 1. The van der Waals surface area contributed by atoms with Crippen molar-refractivity contribution in [2.24, 2.45) is 0 Å². The third-order valence-electron chi connectivity index (χ3n) is 2.52. The first kappa shape index (κ1) is 13.1. The molecule has 1 aliphatic heterocycles. The molecule has 1 N–H and O–H groups in total. The van der Waals surface area contributed by atoms with Crippen molar-refractivity contribution < 1.29 is 23.9 Å². The third-order valence-corrected chi connectivity index (χ3v) is 2.52. The van der Waals surface area contributed by atoms with E-state index in [1.54, 1.807) is 6.92 Å². The van der Waals surface area contributed by atoms with Gasteiger partial charge in [-0.25, -0.2) is 0 Å². The summed E-state index contributed by atoms with van der Waals surface area (Å²) in [6.07, 6.45) is 1.13. The lowest BCUT2D eigenvalue weighted by atomic mass is 9.92. The molecule has 1 fully saturated rings. The minimum atomic E-state index is -0.716. The summed E-state index contributed by atoms with van der Waals surface area (Å²) in [7, 11) is 0. The van der Waals surface area contributed by atoms with E-state index >= 15 is 0 Å². The van der Waals surface area contributed by atoms with Crippen molar-refractivity contribution in [2.45, 2.75) is 25.4 Å². The van der Waals surface area contributed by atoms with Gasteiger partial charge in [0, 0.05) is 6.42 Å². The molecule has 7 heteroatoms. The zero-order valence-electron chi connectivity index (χ0n) is 9.42. The van der Waals surface area contributed by atoms with Gasteiger partial charge in [0.2, 0.25) is 12.3 Å². The monoisotopic (exact) mass is 242 g/mol. The maximum Gasteiger partial charge on any atom is 0.325 e. The molecule has 0 aromatic heterocycles. The Morgan fingerprint density at radius 1 is 1.53 bits per heavy atom. The van der Waals surface area contributed by atoms with Gasteiger partial charge in [0.25, 0.3) is 0 Å². The minimum absolute atomic E-state index is 0.0800. The number of rotatable bonds is 7. The predicted octanol–water partition coefficient (Wildman–Crippen LogP) is -1.54. The summed E-state index contributed by atoms with van der Waals surface area (Å²) >= 11 is 0. The van der Waals surface area contributed by atoms with Gasteiger partial charge in [0.15, 0.2) is 0 Å². The van der Waals surface area contributed by atoms with Gasteiger partial charge in [-0.1, -0.05) is 0 Å². The molecule has 0 radical (unpaired) electrons. The van der Waals surface area contributed by atoms with Gasteiger partial charge in [-0.15, -0.1) is 0 Å². The number of β-lactam (4-membered cyclic amide) rings is 1. The highest BCUT2D eigenvalue weighted by molar-refractivity contribution is 5.94. The SMILES string of the molecule is CCOC(=O)CN1C(=O)C(NC=O)C1CC=O. The van der Waals surface area contributed by atoms with Crippen LogP contribution in [0.4, 0.5) is 0 Å². The summed E-state index contributed by atoms with van der Waals surface area (Å²) in [4.78, 5) is 44.7. The smallest absolute Gasteiger partial charge is 0.325 e. The molecule has 2 unspecified atom stereocenters. The van der Waals surface area contributed by atoms with Crippen LogP contribution in [0.25, 0.3) is 0 Å². The Balaban J connectivity index is 2.59. The van der Waals surface area contributed by atoms with Gasteiger partial charge < -0.3 is 19.7 Å². The summed E-state index contributed by atoms with van der Waals surface area (Å²) in [6, 6.07) is -1.18. The van der Waals surface area contributed by atoms with Crippen LogP contribution in [0, 0.1) is 0 Å². The van der Waals surface area contributed by atoms with Gasteiger partial charge in [0.05, 0.1) is 12.6 Å². The molecule has 7 nitrogen and oxygen atoms in total. The molecule has 2 atom stereocenters. The Hall–Kier alpha value is -1.92. The third kappa shape index (κ3) is 2.80. The number of nitrogens with zero attached hydrogens (tertiary/aromatic N) is 1. The van der Waals surface area contributed by atoms with Crippen LogP contribution < -0.4 is 5.32 Å². The molecule has 17 heavy (non-hydrogen) atoms. The second-order valence-corrected chi connectivity index (χ2v) is 3.50. The van der Waals surface area contributed by atoms with Gasteiger partial charge in [-0.3, -0.25) is 14.4 Å². The Labute approximate surface area is 98.1 Å². The quantitative estimate of drug-likeness (QED) is 0.332. The highest BCUT2D eigenvalue weighted by Crippen LogP contribution is 2.21. The van der Waals surface area contributed by atoms with Crippen LogP contribution in [0.3, 0.4) is 0 Å². The number of nitrogens with one attached hydrogen (secondary N) is 1. The molecular formula is C10H14N2O5. The Kier molecular flexibility index (Phi) is 4.62. The van der Waals surface area contributed by atoms with Crippen LogP contribution in [0.1, 0.15) is 13.3 Å². The average molecular weight is 242 g/mol. The van der Waals surface area contributed by atoms with Crippen LogP contribution in [-0.4, -0.2) is 54.7 Å². The topological polar surface area (TPSA) is 92.8 Å². The average Bonchev–Trinajstić information content (AvgIpc) is 2.32. The van der Waals surface area contributed by atoms with E-state index in [4.69, 9.17) is 4.74 Å². The van der Waals surface area contributed by atoms with Crippen LogP contribution in [0.15, 0.2) is 0 Å². The first-order valence-corrected chi connectivity index (χ1v) is 5.25. The number of amides is 2. The standard InChI is InChI=1S/C10H14N2O5/c1-2-17-8(15)5-12-7(3-4-13)9(10(12)16)11-6-14/h4,6-7,9H,2-3,5H2,1H3,(H,11,14). The lowest BCUT2D eigenvalue weighted by molar-refractivity contribution is -0.162. The van der Waals surface area contributed by atoms with E-state index in [1.165, 1.54) is 4.90 Å². The maximum absolute atomic E-state index is 11.6. The zero-order chi connectivity index (χ0) is 12.8. The number of aldehydes is 1. The summed E-state index contributed by atoms with van der Waals surface area (Å²) in [5.41, 5.74) is 0. The van der Waals surface area contributed by atoms with Crippen molar-refractivity contribution in [1.29, 1.82) is 0 Å². The van der Waals surface area contributed by atoms with E-state index in [2.05, 4.69) is 5.32 Å². The molecule has 1 rings (SSSR count). The van der Waals surface area contributed by atoms with Crippen LogP contribution >= 0.6 is 0 Å². The predicted molar refractivity (Wildman–Crippen MR) is 55.8 cm³/mol. The Morgan fingerprint density at radius 3 is 2.76 bits per heavy atom. The molecule has 0 saturated carbocycles. The van der Waals surface area contributed by atoms with Gasteiger partial charge >= 0.3 is 5.97 Å². The molecular weight excluding hydrogens is 228 g/mol. The zero-order valence-corrected chi connectivity index (χ0v) is 9.42. The van der Waals surface area contributed by atoms with E-state index in [-0.39, 0.29) is 25.5 Å². The number of esters is 1. The van der Waals surface area contributed by atoms with Crippen molar-refractivity contribution >= 4 is 24.6 Å². The second-order valence-electron chi connectivity index (χ2n) is 3.50. The molecule has 0 aromatic carbocycles. The van der Waals surface area contributed by atoms with Crippen molar-refractivity contribution in [3.63, 3.8) is 0 Å². The molecule has 1 aliphatic rings. The van der Waals surface area contributed by atoms with Crippen LogP contribution in [-0.2, 0) is 23.9 Å². The van der Waals surface area contributed by atoms with E-state index in [1.807, 2.05) is 0 Å². The minimum Gasteiger partial charge on any atom is -0.465 e. The summed E-state index contributed by atoms with van der Waals surface area (Å²) in [5.74, 6) is -0.904. The van der Waals surface area contributed by atoms with E-state index < -0.39 is 18.1 Å². The van der Waals surface area contributed by atoms with E-state index in [9.17, 15) is 19.2 Å². The molecule has 0 aromatic rings. The number of carbonyl (C=O) groups excluding carboxylic acids is 4. The molecule has 0 aliphatic carbocycles. The number of ether oxygens (including phenoxy) is 1. The molecule has 0 spiro atoms. The van der Waals surface area contributed by atoms with Crippen molar-refractivity contribution in [1.82, 2.24) is 10.2 Å². The van der Waals surface area contributed by atoms with Crippen LogP contribution in [0.5, 0.6) is 0 Å². The van der Waals surface area contributed by atoms with Crippen molar-refractivity contribution in [3.05, 3.63) is 0 Å². The first-order valence-electron chi connectivity index (χ1n) is 5.25. The van der Waals surface area contributed by atoms with E-state index in [0.717, 1.165) is 0 Å². The lowest BCUT2D eigenvalue weighted by Gasteiger charge is -2.45. The Bertz CT molecular complexity index is 331. The number of hydrogen-bond acceptors (Lipinski definition) is 5. The molecule has 1 saturated heterocycles.